The topological polar surface area (TPSA) is 75.9 Å². The van der Waals surface area contributed by atoms with E-state index < -0.39 is 0 Å². The molecule has 0 spiro atoms. The third-order valence-electron chi connectivity index (χ3n) is 2.50. The largest absolute Gasteiger partial charge is 0.340 e. The van der Waals surface area contributed by atoms with E-state index in [9.17, 15) is 0 Å². The average Bonchev–Trinajstić information content (AvgIpc) is 2.36. The number of hydrazine groups is 1. The van der Waals surface area contributed by atoms with E-state index in [-0.39, 0.29) is 0 Å². The third kappa shape index (κ3) is 2.69. The molecule has 0 atom stereocenters. The number of nitrogens with two attached hydrogens (primary N) is 1. The molecule has 4 N–H and O–H groups in total. The van der Waals surface area contributed by atoms with Crippen molar-refractivity contribution in [3.05, 3.63) is 40.7 Å². The number of nitrogen functional groups attached to an aromatic ring is 1. The lowest BCUT2D eigenvalue weighted by Gasteiger charge is -2.12. The van der Waals surface area contributed by atoms with Gasteiger partial charge in [0, 0.05) is 16.3 Å². The van der Waals surface area contributed by atoms with Crippen LogP contribution in [0.4, 0.5) is 17.3 Å². The zero-order chi connectivity index (χ0) is 13.1. The first-order valence-corrected chi connectivity index (χ1v) is 5.82. The van der Waals surface area contributed by atoms with Crippen molar-refractivity contribution in [3.8, 4) is 0 Å². The van der Waals surface area contributed by atoms with Crippen LogP contribution in [0.3, 0.4) is 0 Å². The van der Waals surface area contributed by atoms with Gasteiger partial charge in [-0.2, -0.15) is 0 Å². The number of aryl methyl sites for hydroxylation is 1. The molecule has 1 aromatic heterocycles. The van der Waals surface area contributed by atoms with Gasteiger partial charge in [-0.05, 0) is 38.1 Å². The Morgan fingerprint density at radius 3 is 2.28 bits per heavy atom. The Bertz CT molecular complexity index is 553. The normalized spacial score (nSPS) is 10.2. The molecular formula is C12H14ClN5. The lowest BCUT2D eigenvalue weighted by Crippen LogP contribution is -2.13. The van der Waals surface area contributed by atoms with Gasteiger partial charge in [-0.15, -0.1) is 0 Å². The maximum absolute atomic E-state index is 5.84. The van der Waals surface area contributed by atoms with Crippen LogP contribution in [0.2, 0.25) is 5.02 Å². The summed E-state index contributed by atoms with van der Waals surface area (Å²) in [5.41, 5.74) is 4.32. The Labute approximate surface area is 110 Å². The number of hydrogen-bond acceptors (Lipinski definition) is 5. The van der Waals surface area contributed by atoms with Crippen LogP contribution in [0, 0.1) is 13.8 Å². The van der Waals surface area contributed by atoms with Crippen molar-refractivity contribution < 1.29 is 0 Å². The molecule has 0 aliphatic rings. The molecule has 94 valence electrons. The van der Waals surface area contributed by atoms with Gasteiger partial charge >= 0.3 is 0 Å². The number of halogens is 1. The Balaban J connectivity index is 2.34. The highest BCUT2D eigenvalue weighted by Crippen LogP contribution is 2.23. The summed E-state index contributed by atoms with van der Waals surface area (Å²) < 4.78 is 0. The van der Waals surface area contributed by atoms with Crippen molar-refractivity contribution in [2.24, 2.45) is 5.84 Å². The zero-order valence-corrected chi connectivity index (χ0v) is 10.9. The minimum absolute atomic E-state index is 0.610. The second kappa shape index (κ2) is 5.20. The highest BCUT2D eigenvalue weighted by atomic mass is 35.5. The third-order valence-corrected chi connectivity index (χ3v) is 2.75. The Morgan fingerprint density at radius 1 is 1.06 bits per heavy atom. The first-order valence-electron chi connectivity index (χ1n) is 5.44. The summed E-state index contributed by atoms with van der Waals surface area (Å²) in [5, 5.41) is 3.90. The first-order chi connectivity index (χ1) is 8.60. The van der Waals surface area contributed by atoms with Crippen LogP contribution in [-0.4, -0.2) is 9.97 Å². The van der Waals surface area contributed by atoms with Crippen molar-refractivity contribution in [2.75, 3.05) is 10.7 Å². The van der Waals surface area contributed by atoms with E-state index in [1.54, 1.807) is 0 Å². The van der Waals surface area contributed by atoms with E-state index >= 15 is 0 Å². The molecule has 1 heterocycles. The van der Waals surface area contributed by atoms with Crippen LogP contribution < -0.4 is 16.6 Å². The summed E-state index contributed by atoms with van der Waals surface area (Å²) in [4.78, 5) is 8.55. The molecule has 0 aliphatic heterocycles. The molecule has 2 rings (SSSR count). The van der Waals surface area contributed by atoms with Crippen LogP contribution in [0.5, 0.6) is 0 Å². The molecule has 0 saturated carbocycles. The molecule has 0 radical (unpaired) electrons. The van der Waals surface area contributed by atoms with E-state index in [0.29, 0.717) is 16.7 Å². The number of aromatic nitrogens is 2. The zero-order valence-electron chi connectivity index (χ0n) is 10.2. The number of nitrogens with zero attached hydrogens (tertiary/aromatic N) is 2. The number of hydrogen-bond donors (Lipinski definition) is 3. The molecule has 1 aromatic carbocycles. The van der Waals surface area contributed by atoms with E-state index in [0.717, 1.165) is 17.1 Å². The summed E-state index contributed by atoms with van der Waals surface area (Å²) in [5.74, 6) is 7.39. The molecule has 0 aliphatic carbocycles. The highest BCUT2D eigenvalue weighted by Gasteiger charge is 2.08. The Morgan fingerprint density at radius 2 is 1.67 bits per heavy atom. The van der Waals surface area contributed by atoms with E-state index in [1.165, 1.54) is 0 Å². The monoisotopic (exact) mass is 263 g/mol. The van der Waals surface area contributed by atoms with Crippen LogP contribution in [0.15, 0.2) is 24.3 Å². The fourth-order valence-electron chi connectivity index (χ4n) is 1.56. The number of benzene rings is 1. The van der Waals surface area contributed by atoms with Gasteiger partial charge in [0.1, 0.15) is 17.5 Å². The Hall–Kier alpha value is -1.85. The SMILES string of the molecule is Cc1nc(NN)c(C)c(Nc2ccc(Cl)cc2)n1. The smallest absolute Gasteiger partial charge is 0.148 e. The summed E-state index contributed by atoms with van der Waals surface area (Å²) in [6.07, 6.45) is 0. The maximum atomic E-state index is 5.84. The fourth-order valence-corrected chi connectivity index (χ4v) is 1.69. The van der Waals surface area contributed by atoms with Crippen molar-refractivity contribution in [3.63, 3.8) is 0 Å². The van der Waals surface area contributed by atoms with E-state index in [1.807, 2.05) is 38.1 Å². The van der Waals surface area contributed by atoms with Gasteiger partial charge in [0.05, 0.1) is 0 Å². The van der Waals surface area contributed by atoms with Gasteiger partial charge in [-0.3, -0.25) is 0 Å². The molecule has 0 unspecified atom stereocenters. The molecular weight excluding hydrogens is 250 g/mol. The van der Waals surface area contributed by atoms with Crippen LogP contribution in [0.1, 0.15) is 11.4 Å². The Kier molecular flexibility index (Phi) is 3.64. The predicted octanol–water partition coefficient (Wildman–Crippen LogP) is 2.78. The lowest BCUT2D eigenvalue weighted by atomic mass is 10.2. The molecule has 6 heteroatoms. The van der Waals surface area contributed by atoms with Gasteiger partial charge in [-0.1, -0.05) is 11.6 Å². The van der Waals surface area contributed by atoms with Gasteiger partial charge in [0.15, 0.2) is 0 Å². The number of nitrogens with one attached hydrogen (secondary N) is 2. The minimum Gasteiger partial charge on any atom is -0.340 e. The van der Waals surface area contributed by atoms with Crippen molar-refractivity contribution in [2.45, 2.75) is 13.8 Å². The van der Waals surface area contributed by atoms with Crippen molar-refractivity contribution >= 4 is 28.9 Å². The van der Waals surface area contributed by atoms with Gasteiger partial charge in [0.25, 0.3) is 0 Å². The summed E-state index contributed by atoms with van der Waals surface area (Å²) >= 11 is 5.84. The standard InChI is InChI=1S/C12H14ClN5/c1-7-11(15-8(2)16-12(7)18-14)17-10-5-3-9(13)4-6-10/h3-6H,14H2,1-2H3,(H2,15,16,17,18). The van der Waals surface area contributed by atoms with Crippen LogP contribution in [0.25, 0.3) is 0 Å². The second-order valence-electron chi connectivity index (χ2n) is 3.87. The van der Waals surface area contributed by atoms with E-state index in [4.69, 9.17) is 17.4 Å². The molecule has 0 amide bonds. The number of anilines is 3. The molecule has 0 saturated heterocycles. The molecule has 18 heavy (non-hydrogen) atoms. The summed E-state index contributed by atoms with van der Waals surface area (Å²) in [6.45, 7) is 3.71. The molecule has 5 nitrogen and oxygen atoms in total. The molecule has 0 bridgehead atoms. The lowest BCUT2D eigenvalue weighted by molar-refractivity contribution is 1.03. The van der Waals surface area contributed by atoms with Gasteiger partial charge in [0.2, 0.25) is 0 Å². The van der Waals surface area contributed by atoms with E-state index in [2.05, 4.69) is 20.7 Å². The average molecular weight is 264 g/mol. The van der Waals surface area contributed by atoms with Crippen LogP contribution in [-0.2, 0) is 0 Å². The number of rotatable bonds is 3. The summed E-state index contributed by atoms with van der Waals surface area (Å²) in [6, 6.07) is 7.40. The minimum atomic E-state index is 0.610. The quantitative estimate of drug-likeness (QED) is 0.586. The summed E-state index contributed by atoms with van der Waals surface area (Å²) in [7, 11) is 0. The van der Waals surface area contributed by atoms with Crippen LogP contribution >= 0.6 is 11.6 Å². The fraction of sp³-hybridized carbons (Fsp3) is 0.167. The second-order valence-corrected chi connectivity index (χ2v) is 4.31. The molecule has 0 fully saturated rings. The first kappa shape index (κ1) is 12.6. The molecule has 2 aromatic rings. The highest BCUT2D eigenvalue weighted by molar-refractivity contribution is 6.30. The van der Waals surface area contributed by atoms with Crippen molar-refractivity contribution in [1.82, 2.24) is 9.97 Å². The predicted molar refractivity (Wildman–Crippen MR) is 74.1 cm³/mol. The van der Waals surface area contributed by atoms with Gasteiger partial charge < -0.3 is 10.7 Å². The van der Waals surface area contributed by atoms with Gasteiger partial charge in [-0.25, -0.2) is 15.8 Å². The maximum Gasteiger partial charge on any atom is 0.148 e. The van der Waals surface area contributed by atoms with Crippen molar-refractivity contribution in [1.29, 1.82) is 0 Å².